The van der Waals surface area contributed by atoms with Crippen molar-refractivity contribution < 1.29 is 4.52 Å². The van der Waals surface area contributed by atoms with E-state index < -0.39 is 0 Å². The van der Waals surface area contributed by atoms with Crippen molar-refractivity contribution in [2.24, 2.45) is 0 Å². The predicted octanol–water partition coefficient (Wildman–Crippen LogP) is 2.86. The van der Waals surface area contributed by atoms with Gasteiger partial charge in [0.1, 0.15) is 0 Å². The average molecular weight is 371 g/mol. The largest absolute Gasteiger partial charge is 0.339 e. The van der Waals surface area contributed by atoms with Crippen LogP contribution in [-0.2, 0) is 18.5 Å². The molecule has 2 aromatic heterocycles. The molecule has 2 aromatic rings. The summed E-state index contributed by atoms with van der Waals surface area (Å²) in [6.07, 6.45) is 5.75. The Hall–Kier alpha value is -2.02. The van der Waals surface area contributed by atoms with Crippen LogP contribution < -0.4 is 5.56 Å². The molecular weight excluding hydrogens is 342 g/mol. The average Bonchev–Trinajstić information content (AvgIpc) is 3.17. The Morgan fingerprint density at radius 3 is 2.70 bits per heavy atom. The number of hydrogen-bond acceptors (Lipinski definition) is 6. The normalized spacial score (nSPS) is 21.5. The lowest BCUT2D eigenvalue weighted by Gasteiger charge is -2.24. The van der Waals surface area contributed by atoms with Crippen LogP contribution >= 0.6 is 0 Å². The zero-order chi connectivity index (χ0) is 19.0. The van der Waals surface area contributed by atoms with Gasteiger partial charge in [-0.15, -0.1) is 0 Å². The van der Waals surface area contributed by atoms with Gasteiger partial charge >= 0.3 is 0 Å². The zero-order valence-corrected chi connectivity index (χ0v) is 16.5. The van der Waals surface area contributed by atoms with E-state index in [0.29, 0.717) is 19.0 Å². The summed E-state index contributed by atoms with van der Waals surface area (Å²) >= 11 is 0. The molecule has 1 aliphatic heterocycles. The zero-order valence-electron chi connectivity index (χ0n) is 16.5. The minimum absolute atomic E-state index is 0.0401. The minimum atomic E-state index is -0.0760. The first-order valence-electron chi connectivity index (χ1n) is 10.1. The van der Waals surface area contributed by atoms with Crippen molar-refractivity contribution in [2.75, 3.05) is 6.54 Å². The van der Waals surface area contributed by atoms with E-state index in [-0.39, 0.29) is 17.0 Å². The summed E-state index contributed by atoms with van der Waals surface area (Å²) < 4.78 is 7.07. The lowest BCUT2D eigenvalue weighted by molar-refractivity contribution is 0.208. The molecule has 0 aromatic carbocycles. The number of aromatic nitrogens is 4. The molecule has 0 N–H and O–H groups in total. The van der Waals surface area contributed by atoms with E-state index in [4.69, 9.17) is 4.52 Å². The van der Waals surface area contributed by atoms with E-state index in [2.05, 4.69) is 40.9 Å². The summed E-state index contributed by atoms with van der Waals surface area (Å²) in [5, 5.41) is 8.80. The molecule has 1 unspecified atom stereocenters. The highest BCUT2D eigenvalue weighted by atomic mass is 16.5. The molecule has 2 fully saturated rings. The monoisotopic (exact) mass is 371 g/mol. The van der Waals surface area contributed by atoms with E-state index in [1.807, 2.05) is 6.07 Å². The van der Waals surface area contributed by atoms with Crippen LogP contribution in [0.1, 0.15) is 76.2 Å². The summed E-state index contributed by atoms with van der Waals surface area (Å²) in [4.78, 5) is 19.3. The van der Waals surface area contributed by atoms with Crippen LogP contribution in [0.15, 0.2) is 21.5 Å². The van der Waals surface area contributed by atoms with Gasteiger partial charge in [0, 0.05) is 23.4 Å². The van der Waals surface area contributed by atoms with Gasteiger partial charge in [0.05, 0.1) is 18.8 Å². The van der Waals surface area contributed by atoms with Crippen LogP contribution in [0.4, 0.5) is 0 Å². The molecular formula is C20H29N5O2. The van der Waals surface area contributed by atoms with Gasteiger partial charge in [0.2, 0.25) is 5.89 Å². The number of nitrogens with zero attached hydrogens (tertiary/aromatic N) is 5. The third-order valence-corrected chi connectivity index (χ3v) is 5.80. The molecule has 0 amide bonds. The molecule has 4 rings (SSSR count). The Morgan fingerprint density at radius 1 is 1.19 bits per heavy atom. The highest BCUT2D eigenvalue weighted by Gasteiger charge is 2.29. The summed E-state index contributed by atoms with van der Waals surface area (Å²) in [5.74, 6) is 2.01. The molecule has 1 saturated heterocycles. The Kier molecular flexibility index (Phi) is 4.88. The van der Waals surface area contributed by atoms with Crippen molar-refractivity contribution >= 4 is 0 Å². The second-order valence-corrected chi connectivity index (χ2v) is 8.93. The number of rotatable bonds is 5. The minimum Gasteiger partial charge on any atom is -0.339 e. The van der Waals surface area contributed by atoms with Gasteiger partial charge in [-0.1, -0.05) is 32.3 Å². The van der Waals surface area contributed by atoms with E-state index >= 15 is 0 Å². The van der Waals surface area contributed by atoms with Gasteiger partial charge in [-0.05, 0) is 38.3 Å². The van der Waals surface area contributed by atoms with Crippen molar-refractivity contribution in [3.05, 3.63) is 39.9 Å². The smallest absolute Gasteiger partial charge is 0.266 e. The lowest BCUT2D eigenvalue weighted by atomic mass is 9.85. The SMILES string of the molecule is CC(C)(C)c1ccc(=O)n(CC2CCCN2Cc2noc(C3CCC3)n2)n1. The number of hydrogen-bond donors (Lipinski definition) is 0. The maximum atomic E-state index is 12.3. The molecule has 1 atom stereocenters. The third kappa shape index (κ3) is 3.98. The first-order valence-corrected chi connectivity index (χ1v) is 10.1. The summed E-state index contributed by atoms with van der Waals surface area (Å²) in [7, 11) is 0. The highest BCUT2D eigenvalue weighted by molar-refractivity contribution is 5.10. The molecule has 0 bridgehead atoms. The fourth-order valence-electron chi connectivity index (χ4n) is 3.82. The maximum Gasteiger partial charge on any atom is 0.266 e. The fourth-order valence-corrected chi connectivity index (χ4v) is 3.82. The predicted molar refractivity (Wildman–Crippen MR) is 102 cm³/mol. The van der Waals surface area contributed by atoms with E-state index in [9.17, 15) is 4.79 Å². The first kappa shape index (κ1) is 18.3. The van der Waals surface area contributed by atoms with Crippen molar-refractivity contribution in [2.45, 2.75) is 83.3 Å². The molecule has 0 radical (unpaired) electrons. The first-order chi connectivity index (χ1) is 12.9. The van der Waals surface area contributed by atoms with Crippen molar-refractivity contribution in [3.63, 3.8) is 0 Å². The summed E-state index contributed by atoms with van der Waals surface area (Å²) in [6.45, 7) is 8.61. The van der Waals surface area contributed by atoms with E-state index in [1.54, 1.807) is 10.7 Å². The molecule has 7 nitrogen and oxygen atoms in total. The maximum absolute atomic E-state index is 12.3. The van der Waals surface area contributed by atoms with Crippen LogP contribution in [0.5, 0.6) is 0 Å². The molecule has 146 valence electrons. The molecule has 7 heteroatoms. The third-order valence-electron chi connectivity index (χ3n) is 5.80. The van der Waals surface area contributed by atoms with E-state index in [1.165, 1.54) is 6.42 Å². The van der Waals surface area contributed by atoms with Crippen LogP contribution in [0, 0.1) is 0 Å². The van der Waals surface area contributed by atoms with Gasteiger partial charge in [-0.25, -0.2) is 4.68 Å². The Morgan fingerprint density at radius 2 is 2.00 bits per heavy atom. The van der Waals surface area contributed by atoms with E-state index in [0.717, 1.165) is 49.6 Å². The molecule has 2 aliphatic rings. The van der Waals surface area contributed by atoms with Gasteiger partial charge in [0.15, 0.2) is 5.82 Å². The summed E-state index contributed by atoms with van der Waals surface area (Å²) in [5.41, 5.74) is 0.824. The second-order valence-electron chi connectivity index (χ2n) is 8.93. The molecule has 1 aliphatic carbocycles. The number of likely N-dealkylation sites (tertiary alicyclic amines) is 1. The van der Waals surface area contributed by atoms with Crippen LogP contribution in [0.25, 0.3) is 0 Å². The van der Waals surface area contributed by atoms with Gasteiger partial charge < -0.3 is 4.52 Å². The molecule has 0 spiro atoms. The van der Waals surface area contributed by atoms with Crippen molar-refractivity contribution in [3.8, 4) is 0 Å². The van der Waals surface area contributed by atoms with Crippen molar-refractivity contribution in [1.82, 2.24) is 24.8 Å². The molecule has 3 heterocycles. The van der Waals surface area contributed by atoms with Crippen LogP contribution in [0.3, 0.4) is 0 Å². The topological polar surface area (TPSA) is 77.0 Å². The van der Waals surface area contributed by atoms with Crippen LogP contribution in [-0.4, -0.2) is 37.4 Å². The standard InChI is InChI=1S/C20H29N5O2/c1-20(2,3)16-9-10-18(26)25(22-16)12-15-8-5-11-24(15)13-17-21-19(27-23-17)14-6-4-7-14/h9-10,14-15H,4-8,11-13H2,1-3H3. The lowest BCUT2D eigenvalue weighted by Crippen LogP contribution is -2.37. The fraction of sp³-hybridized carbons (Fsp3) is 0.700. The van der Waals surface area contributed by atoms with Gasteiger partial charge in [-0.3, -0.25) is 9.69 Å². The molecule has 1 saturated carbocycles. The Labute approximate surface area is 159 Å². The quantitative estimate of drug-likeness (QED) is 0.804. The van der Waals surface area contributed by atoms with Crippen LogP contribution in [0.2, 0.25) is 0 Å². The van der Waals surface area contributed by atoms with Crippen molar-refractivity contribution in [1.29, 1.82) is 0 Å². The molecule has 27 heavy (non-hydrogen) atoms. The van der Waals surface area contributed by atoms with Gasteiger partial charge in [0.25, 0.3) is 5.56 Å². The second kappa shape index (κ2) is 7.19. The van der Waals surface area contributed by atoms with Gasteiger partial charge in [-0.2, -0.15) is 10.1 Å². The Balaban J connectivity index is 1.45. The summed E-state index contributed by atoms with van der Waals surface area (Å²) in [6, 6.07) is 3.75. The highest BCUT2D eigenvalue weighted by Crippen LogP contribution is 2.35. The Bertz CT molecular complexity index is 847.